The molecule has 2 heterocycles. The zero-order valence-corrected chi connectivity index (χ0v) is 11.6. The van der Waals surface area contributed by atoms with Crippen LogP contribution in [0.15, 0.2) is 24.5 Å². The molecule has 0 radical (unpaired) electrons. The summed E-state index contributed by atoms with van der Waals surface area (Å²) in [5.74, 6) is 0. The van der Waals surface area contributed by atoms with Crippen molar-refractivity contribution in [1.82, 2.24) is 9.55 Å². The second-order valence-corrected chi connectivity index (χ2v) is 4.75. The first-order valence-corrected chi connectivity index (χ1v) is 6.43. The summed E-state index contributed by atoms with van der Waals surface area (Å²) < 4.78 is 2.34. The van der Waals surface area contributed by atoms with E-state index in [1.165, 1.54) is 22.5 Å². The Morgan fingerprint density at radius 1 is 1.17 bits per heavy atom. The van der Waals surface area contributed by atoms with Gasteiger partial charge in [-0.05, 0) is 51.0 Å². The summed E-state index contributed by atoms with van der Waals surface area (Å²) in [6.45, 7) is 10.5. The molecule has 2 rings (SSSR count). The molecular formula is C15H21N3. The zero-order chi connectivity index (χ0) is 13.1. The summed E-state index contributed by atoms with van der Waals surface area (Å²) in [6.07, 6.45) is 3.74. The molecule has 96 valence electrons. The van der Waals surface area contributed by atoms with Gasteiger partial charge in [-0.25, -0.2) is 0 Å². The van der Waals surface area contributed by atoms with Gasteiger partial charge in [0.25, 0.3) is 0 Å². The summed E-state index contributed by atoms with van der Waals surface area (Å²) in [5, 5.41) is 3.43. The molecule has 2 aromatic heterocycles. The van der Waals surface area contributed by atoms with E-state index in [2.05, 4.69) is 54.7 Å². The third-order valence-corrected chi connectivity index (χ3v) is 3.35. The van der Waals surface area contributed by atoms with Gasteiger partial charge in [-0.3, -0.25) is 4.98 Å². The maximum atomic E-state index is 4.19. The minimum absolute atomic E-state index is 0.852. The predicted molar refractivity (Wildman–Crippen MR) is 75.9 cm³/mol. The Labute approximate surface area is 109 Å². The van der Waals surface area contributed by atoms with Crippen LogP contribution in [0.2, 0.25) is 0 Å². The SMILES string of the molecule is CCn1c(C)cc(CNc2cncc(C)c2)c1C. The fourth-order valence-electron chi connectivity index (χ4n) is 2.39. The van der Waals surface area contributed by atoms with E-state index in [0.29, 0.717) is 0 Å². The van der Waals surface area contributed by atoms with Gasteiger partial charge in [-0.2, -0.15) is 0 Å². The molecule has 0 saturated heterocycles. The summed E-state index contributed by atoms with van der Waals surface area (Å²) in [6, 6.07) is 4.38. The number of rotatable bonds is 4. The van der Waals surface area contributed by atoms with Crippen LogP contribution in [-0.4, -0.2) is 9.55 Å². The lowest BCUT2D eigenvalue weighted by Gasteiger charge is -2.08. The van der Waals surface area contributed by atoms with E-state index < -0.39 is 0 Å². The molecule has 0 bridgehead atoms. The molecule has 1 N–H and O–H groups in total. The van der Waals surface area contributed by atoms with Crippen LogP contribution in [0.4, 0.5) is 5.69 Å². The lowest BCUT2D eigenvalue weighted by molar-refractivity contribution is 0.715. The molecule has 0 atom stereocenters. The molecule has 0 spiro atoms. The van der Waals surface area contributed by atoms with Crippen LogP contribution in [-0.2, 0) is 13.1 Å². The van der Waals surface area contributed by atoms with E-state index in [1.54, 1.807) is 0 Å². The second-order valence-electron chi connectivity index (χ2n) is 4.75. The molecule has 0 aliphatic carbocycles. The first-order chi connectivity index (χ1) is 8.61. The number of hydrogen-bond acceptors (Lipinski definition) is 2. The normalized spacial score (nSPS) is 10.7. The van der Waals surface area contributed by atoms with Crippen molar-refractivity contribution in [3.63, 3.8) is 0 Å². The van der Waals surface area contributed by atoms with Crippen LogP contribution in [0.1, 0.15) is 29.4 Å². The summed E-state index contributed by atoms with van der Waals surface area (Å²) >= 11 is 0. The molecule has 0 unspecified atom stereocenters. The Kier molecular flexibility index (Phi) is 3.70. The highest BCUT2D eigenvalue weighted by Crippen LogP contribution is 2.17. The number of nitrogens with one attached hydrogen (secondary N) is 1. The first kappa shape index (κ1) is 12.7. The van der Waals surface area contributed by atoms with E-state index in [-0.39, 0.29) is 0 Å². The lowest BCUT2D eigenvalue weighted by Crippen LogP contribution is -2.03. The van der Waals surface area contributed by atoms with Crippen molar-refractivity contribution in [3.05, 3.63) is 47.0 Å². The molecule has 0 aliphatic heterocycles. The van der Waals surface area contributed by atoms with Gasteiger partial charge in [0.05, 0.1) is 5.69 Å². The average Bonchev–Trinajstić information content (AvgIpc) is 2.61. The van der Waals surface area contributed by atoms with Gasteiger partial charge < -0.3 is 9.88 Å². The summed E-state index contributed by atoms with van der Waals surface area (Å²) in [5.41, 5.74) is 6.29. The molecule has 0 saturated carbocycles. The molecule has 2 aromatic rings. The molecule has 3 heteroatoms. The maximum Gasteiger partial charge on any atom is 0.0532 e. The Balaban J connectivity index is 2.11. The fourth-order valence-corrected chi connectivity index (χ4v) is 2.39. The Bertz CT molecular complexity index is 541. The van der Waals surface area contributed by atoms with Crippen molar-refractivity contribution in [2.75, 3.05) is 5.32 Å². The molecule has 0 aromatic carbocycles. The van der Waals surface area contributed by atoms with Crippen molar-refractivity contribution < 1.29 is 0 Å². The van der Waals surface area contributed by atoms with E-state index in [0.717, 1.165) is 18.8 Å². The summed E-state index contributed by atoms with van der Waals surface area (Å²) in [7, 11) is 0. The van der Waals surface area contributed by atoms with Gasteiger partial charge in [0.15, 0.2) is 0 Å². The first-order valence-electron chi connectivity index (χ1n) is 6.43. The molecule has 0 aliphatic rings. The van der Waals surface area contributed by atoms with Crippen molar-refractivity contribution in [2.45, 2.75) is 40.8 Å². The van der Waals surface area contributed by atoms with Crippen molar-refractivity contribution in [3.8, 4) is 0 Å². The Morgan fingerprint density at radius 3 is 2.56 bits per heavy atom. The molecule has 0 amide bonds. The van der Waals surface area contributed by atoms with Gasteiger partial charge in [-0.15, -0.1) is 0 Å². The van der Waals surface area contributed by atoms with Crippen LogP contribution in [0, 0.1) is 20.8 Å². The van der Waals surface area contributed by atoms with Crippen LogP contribution in [0.25, 0.3) is 0 Å². The number of aromatic nitrogens is 2. The van der Waals surface area contributed by atoms with Gasteiger partial charge >= 0.3 is 0 Å². The minimum Gasteiger partial charge on any atom is -0.380 e. The molecule has 18 heavy (non-hydrogen) atoms. The zero-order valence-electron chi connectivity index (χ0n) is 11.6. The number of hydrogen-bond donors (Lipinski definition) is 1. The molecule has 3 nitrogen and oxygen atoms in total. The van der Waals surface area contributed by atoms with E-state index >= 15 is 0 Å². The van der Waals surface area contributed by atoms with E-state index in [1.807, 2.05) is 12.4 Å². The van der Waals surface area contributed by atoms with Gasteiger partial charge in [0.2, 0.25) is 0 Å². The van der Waals surface area contributed by atoms with E-state index in [4.69, 9.17) is 0 Å². The monoisotopic (exact) mass is 243 g/mol. The number of pyridine rings is 1. The minimum atomic E-state index is 0.852. The second kappa shape index (κ2) is 5.25. The van der Waals surface area contributed by atoms with Gasteiger partial charge in [0.1, 0.15) is 0 Å². The lowest BCUT2D eigenvalue weighted by atomic mass is 10.2. The standard InChI is InChI=1S/C15H21N3/c1-5-18-12(3)7-14(13(18)4)9-17-15-6-11(2)8-16-10-15/h6-8,10,17H,5,9H2,1-4H3. The van der Waals surface area contributed by atoms with Gasteiger partial charge in [-0.1, -0.05) is 0 Å². The average molecular weight is 243 g/mol. The Morgan fingerprint density at radius 2 is 1.94 bits per heavy atom. The number of anilines is 1. The smallest absolute Gasteiger partial charge is 0.0532 e. The fraction of sp³-hybridized carbons (Fsp3) is 0.400. The molecular weight excluding hydrogens is 222 g/mol. The van der Waals surface area contributed by atoms with Crippen LogP contribution in [0.3, 0.4) is 0 Å². The van der Waals surface area contributed by atoms with Crippen LogP contribution in [0.5, 0.6) is 0 Å². The topological polar surface area (TPSA) is 29.9 Å². The highest BCUT2D eigenvalue weighted by molar-refractivity contribution is 5.43. The largest absolute Gasteiger partial charge is 0.380 e. The quantitative estimate of drug-likeness (QED) is 0.891. The van der Waals surface area contributed by atoms with Crippen molar-refractivity contribution >= 4 is 5.69 Å². The third-order valence-electron chi connectivity index (χ3n) is 3.35. The number of aryl methyl sites for hydroxylation is 2. The maximum absolute atomic E-state index is 4.19. The highest BCUT2D eigenvalue weighted by atomic mass is 15.0. The van der Waals surface area contributed by atoms with Gasteiger partial charge in [0, 0.05) is 36.9 Å². The predicted octanol–water partition coefficient (Wildman–Crippen LogP) is 3.44. The van der Waals surface area contributed by atoms with Crippen LogP contribution >= 0.6 is 0 Å². The highest BCUT2D eigenvalue weighted by Gasteiger charge is 2.07. The van der Waals surface area contributed by atoms with Crippen molar-refractivity contribution in [2.24, 2.45) is 0 Å². The van der Waals surface area contributed by atoms with Crippen LogP contribution < -0.4 is 5.32 Å². The Hall–Kier alpha value is -1.77. The summed E-state index contributed by atoms with van der Waals surface area (Å²) in [4.78, 5) is 4.19. The molecule has 0 fully saturated rings. The van der Waals surface area contributed by atoms with E-state index in [9.17, 15) is 0 Å². The third kappa shape index (κ3) is 2.55. The number of nitrogens with zero attached hydrogens (tertiary/aromatic N) is 2. The van der Waals surface area contributed by atoms with Crippen molar-refractivity contribution in [1.29, 1.82) is 0 Å².